The van der Waals surface area contributed by atoms with Crippen LogP contribution in [0.2, 0.25) is 0 Å². The van der Waals surface area contributed by atoms with Gasteiger partial charge in [-0.25, -0.2) is 9.59 Å². The molecule has 0 spiro atoms. The third kappa shape index (κ3) is 2.37. The van der Waals surface area contributed by atoms with Gasteiger partial charge in [-0.3, -0.25) is 19.6 Å². The van der Waals surface area contributed by atoms with Crippen LogP contribution in [0.1, 0.15) is 13.8 Å². The van der Waals surface area contributed by atoms with E-state index in [9.17, 15) is 19.8 Å². The summed E-state index contributed by atoms with van der Waals surface area (Å²) in [6.07, 6.45) is -3.80. The van der Waals surface area contributed by atoms with Crippen LogP contribution in [0, 0.1) is 0 Å². The van der Waals surface area contributed by atoms with E-state index in [1.165, 1.54) is 37.9 Å². The second-order valence-electron chi connectivity index (χ2n) is 5.25. The quantitative estimate of drug-likeness (QED) is 0.650. The van der Waals surface area contributed by atoms with E-state index in [1.807, 2.05) is 0 Å². The van der Waals surface area contributed by atoms with Crippen molar-refractivity contribution in [2.75, 3.05) is 27.7 Å². The molecule has 4 atom stereocenters. The number of rotatable bonds is 6. The van der Waals surface area contributed by atoms with Gasteiger partial charge in [0.15, 0.2) is 12.3 Å². The van der Waals surface area contributed by atoms with Crippen molar-refractivity contribution in [3.05, 3.63) is 0 Å². The molecule has 0 aromatic carbocycles. The Bertz CT molecular complexity index is 409. The predicted octanol–water partition coefficient (Wildman–Crippen LogP) is -1.00. The number of methoxy groups -OCH3 is 2. The van der Waals surface area contributed by atoms with Crippen molar-refractivity contribution in [3.8, 4) is 0 Å². The summed E-state index contributed by atoms with van der Waals surface area (Å²) >= 11 is 0. The monoisotopic (exact) mass is 318 g/mol. The molecule has 2 heterocycles. The lowest BCUT2D eigenvalue weighted by molar-refractivity contribution is -0.0392. The number of hydrogen-bond donors (Lipinski definition) is 2. The maximum Gasteiger partial charge on any atom is 0.327 e. The molecular formula is C12H22N4O6. The van der Waals surface area contributed by atoms with Crippen LogP contribution in [0.15, 0.2) is 0 Å². The number of urea groups is 2. The van der Waals surface area contributed by atoms with Crippen molar-refractivity contribution < 1.29 is 29.3 Å². The first-order valence-electron chi connectivity index (χ1n) is 6.88. The Morgan fingerprint density at radius 1 is 0.909 bits per heavy atom. The molecule has 2 N–H and O–H groups in total. The van der Waals surface area contributed by atoms with E-state index in [1.54, 1.807) is 0 Å². The zero-order chi connectivity index (χ0) is 16.6. The third-order valence-corrected chi connectivity index (χ3v) is 3.75. The van der Waals surface area contributed by atoms with Crippen LogP contribution < -0.4 is 0 Å². The number of fused-ring (bicyclic) bond motifs is 1. The number of carbonyl (C=O) groups excluding carboxylic acids is 2. The van der Waals surface area contributed by atoms with Crippen molar-refractivity contribution in [1.82, 2.24) is 19.6 Å². The van der Waals surface area contributed by atoms with Crippen molar-refractivity contribution in [3.63, 3.8) is 0 Å². The fraction of sp³-hybridized carbons (Fsp3) is 0.833. The zero-order valence-electron chi connectivity index (χ0n) is 13.0. The normalized spacial score (nSPS) is 27.7. The van der Waals surface area contributed by atoms with E-state index in [4.69, 9.17) is 9.47 Å². The molecule has 0 saturated carbocycles. The molecule has 2 aliphatic rings. The number of ether oxygens (including phenoxy) is 2. The molecule has 2 aliphatic heterocycles. The maximum absolute atomic E-state index is 12.5. The Morgan fingerprint density at radius 3 is 1.55 bits per heavy atom. The summed E-state index contributed by atoms with van der Waals surface area (Å²) in [5.41, 5.74) is 0. The standard InChI is InChI=1S/C12H22N4O6/c1-7(17)15-9-10(16(8(2)18)12(15)20)14(6-22-4)11(19)13(9)5-21-3/h7-10,17-18H,5-6H2,1-4H3. The lowest BCUT2D eigenvalue weighted by Crippen LogP contribution is -2.51. The second kappa shape index (κ2) is 6.24. The molecule has 2 saturated heterocycles. The van der Waals surface area contributed by atoms with Crippen molar-refractivity contribution >= 4 is 12.1 Å². The highest BCUT2D eigenvalue weighted by Crippen LogP contribution is 2.36. The molecule has 10 nitrogen and oxygen atoms in total. The number of hydrogen-bond acceptors (Lipinski definition) is 6. The lowest BCUT2D eigenvalue weighted by Gasteiger charge is -2.31. The smallest absolute Gasteiger partial charge is 0.327 e. The first-order chi connectivity index (χ1) is 10.4. The highest BCUT2D eigenvalue weighted by molar-refractivity contribution is 5.85. The maximum atomic E-state index is 12.5. The fourth-order valence-corrected chi connectivity index (χ4v) is 2.96. The van der Waals surface area contributed by atoms with E-state index in [0.29, 0.717) is 0 Å². The highest BCUT2D eigenvalue weighted by atomic mass is 16.5. The van der Waals surface area contributed by atoms with Crippen LogP contribution in [0.3, 0.4) is 0 Å². The molecule has 2 rings (SSSR count). The number of aliphatic hydroxyl groups is 2. The topological polar surface area (TPSA) is 106 Å². The van der Waals surface area contributed by atoms with E-state index >= 15 is 0 Å². The van der Waals surface area contributed by atoms with Crippen molar-refractivity contribution in [1.29, 1.82) is 0 Å². The molecule has 4 amide bonds. The third-order valence-electron chi connectivity index (χ3n) is 3.75. The molecule has 10 heteroatoms. The van der Waals surface area contributed by atoms with Gasteiger partial charge in [0, 0.05) is 14.2 Å². The Kier molecular flexibility index (Phi) is 4.75. The molecule has 22 heavy (non-hydrogen) atoms. The second-order valence-corrected chi connectivity index (χ2v) is 5.25. The highest BCUT2D eigenvalue weighted by Gasteiger charge is 2.61. The van der Waals surface area contributed by atoms with Gasteiger partial charge in [0.1, 0.15) is 25.9 Å². The average Bonchev–Trinajstić information content (AvgIpc) is 2.85. The van der Waals surface area contributed by atoms with Gasteiger partial charge in [0.25, 0.3) is 0 Å². The molecule has 0 aliphatic carbocycles. The number of nitrogens with zero attached hydrogens (tertiary/aromatic N) is 4. The summed E-state index contributed by atoms with van der Waals surface area (Å²) in [4.78, 5) is 29.9. The molecular weight excluding hydrogens is 296 g/mol. The SMILES string of the molecule is COCN1C(=O)N(COC)C2C1N(C(C)O)C(=O)N2C(C)O. The Morgan fingerprint density at radius 2 is 1.27 bits per heavy atom. The van der Waals surface area contributed by atoms with Gasteiger partial charge in [0.05, 0.1) is 0 Å². The van der Waals surface area contributed by atoms with Crippen LogP contribution in [-0.2, 0) is 9.47 Å². The minimum atomic E-state index is -1.13. The summed E-state index contributed by atoms with van der Waals surface area (Å²) in [6.45, 7) is 2.75. The summed E-state index contributed by atoms with van der Waals surface area (Å²) in [6, 6.07) is -0.961. The Hall–Kier alpha value is -1.62. The fourth-order valence-electron chi connectivity index (χ4n) is 2.96. The van der Waals surface area contributed by atoms with E-state index in [2.05, 4.69) is 0 Å². The van der Waals surface area contributed by atoms with Crippen molar-refractivity contribution in [2.24, 2.45) is 0 Å². The van der Waals surface area contributed by atoms with Crippen LogP contribution in [-0.4, -0.2) is 94.3 Å². The van der Waals surface area contributed by atoms with Gasteiger partial charge in [-0.05, 0) is 13.8 Å². The summed E-state index contributed by atoms with van der Waals surface area (Å²) in [5, 5.41) is 19.9. The van der Waals surface area contributed by atoms with E-state index in [0.717, 1.165) is 9.80 Å². The summed E-state index contributed by atoms with van der Waals surface area (Å²) < 4.78 is 10.1. The largest absolute Gasteiger partial charge is 0.374 e. The summed E-state index contributed by atoms with van der Waals surface area (Å²) in [5.74, 6) is 0. The van der Waals surface area contributed by atoms with Crippen LogP contribution in [0.5, 0.6) is 0 Å². The molecule has 0 bridgehead atoms. The molecule has 0 aromatic heterocycles. The van der Waals surface area contributed by atoms with Crippen molar-refractivity contribution in [2.45, 2.75) is 38.6 Å². The minimum absolute atomic E-state index is 0.0512. The van der Waals surface area contributed by atoms with Crippen LogP contribution in [0.4, 0.5) is 9.59 Å². The van der Waals surface area contributed by atoms with E-state index in [-0.39, 0.29) is 13.5 Å². The number of aliphatic hydroxyl groups excluding tert-OH is 2. The van der Waals surface area contributed by atoms with Gasteiger partial charge < -0.3 is 19.7 Å². The number of carbonyl (C=O) groups is 2. The summed E-state index contributed by atoms with van der Waals surface area (Å²) in [7, 11) is 2.86. The van der Waals surface area contributed by atoms with Gasteiger partial charge in [-0.1, -0.05) is 0 Å². The Labute approximate surface area is 128 Å². The van der Waals surface area contributed by atoms with Gasteiger partial charge in [-0.15, -0.1) is 0 Å². The zero-order valence-corrected chi connectivity index (χ0v) is 13.0. The number of amides is 4. The van der Waals surface area contributed by atoms with Crippen LogP contribution >= 0.6 is 0 Å². The van der Waals surface area contributed by atoms with E-state index < -0.39 is 36.8 Å². The lowest BCUT2D eigenvalue weighted by atomic mass is 10.3. The van der Waals surface area contributed by atoms with Crippen LogP contribution in [0.25, 0.3) is 0 Å². The predicted molar refractivity (Wildman–Crippen MR) is 72.8 cm³/mol. The molecule has 0 aromatic rings. The van der Waals surface area contributed by atoms with Gasteiger partial charge in [0.2, 0.25) is 0 Å². The van der Waals surface area contributed by atoms with Gasteiger partial charge >= 0.3 is 12.1 Å². The Balaban J connectivity index is 2.46. The molecule has 2 fully saturated rings. The molecule has 4 unspecified atom stereocenters. The minimum Gasteiger partial charge on any atom is -0.374 e. The molecule has 126 valence electrons. The first-order valence-corrected chi connectivity index (χ1v) is 6.88. The molecule has 0 radical (unpaired) electrons. The first kappa shape index (κ1) is 16.7. The van der Waals surface area contributed by atoms with Gasteiger partial charge in [-0.2, -0.15) is 0 Å². The average molecular weight is 318 g/mol.